The Balaban J connectivity index is 1.75. The van der Waals surface area contributed by atoms with Crippen molar-refractivity contribution in [2.45, 2.75) is 0 Å². The Morgan fingerprint density at radius 2 is 0.682 bits per heavy atom. The first-order chi connectivity index (χ1) is 10.9. The fraction of sp³-hybridized carbons (Fsp3) is 0. The average molecular weight is 485 g/mol. The molecular formula is C18H18BiN3. The molecule has 0 saturated heterocycles. The van der Waals surface area contributed by atoms with Gasteiger partial charge in [0.15, 0.2) is 0 Å². The van der Waals surface area contributed by atoms with Crippen molar-refractivity contribution in [2.24, 2.45) is 0 Å². The molecule has 0 bridgehead atoms. The number of anilines is 3. The fourth-order valence-corrected chi connectivity index (χ4v) is 7.41. The zero-order valence-electron chi connectivity index (χ0n) is 12.1. The van der Waals surface area contributed by atoms with Crippen LogP contribution in [-0.4, -0.2) is 22.6 Å². The zero-order chi connectivity index (χ0) is 15.0. The van der Waals surface area contributed by atoms with Crippen LogP contribution >= 0.6 is 0 Å². The standard InChI is InChI=1S/3C6H6N.Bi/c3*7-6-4-2-1-3-5-6;/h3*1-5,7H;/q3*-1;+3. The predicted molar refractivity (Wildman–Crippen MR) is 95.9 cm³/mol. The summed E-state index contributed by atoms with van der Waals surface area (Å²) in [5.74, 6) is 0. The summed E-state index contributed by atoms with van der Waals surface area (Å²) in [7, 11) is 0. The van der Waals surface area contributed by atoms with Crippen LogP contribution in [0.5, 0.6) is 0 Å². The molecule has 110 valence electrons. The van der Waals surface area contributed by atoms with Crippen molar-refractivity contribution >= 4 is 39.7 Å². The van der Waals surface area contributed by atoms with Crippen LogP contribution in [0.1, 0.15) is 0 Å². The van der Waals surface area contributed by atoms with E-state index in [0.717, 1.165) is 17.1 Å². The normalized spacial score (nSPS) is 10.2. The first-order valence-corrected chi connectivity index (χ1v) is 12.4. The van der Waals surface area contributed by atoms with Crippen molar-refractivity contribution < 1.29 is 0 Å². The average Bonchev–Trinajstić information content (AvgIpc) is 2.57. The van der Waals surface area contributed by atoms with Gasteiger partial charge in [-0.3, -0.25) is 0 Å². The van der Waals surface area contributed by atoms with Gasteiger partial charge in [0, 0.05) is 0 Å². The molecule has 22 heavy (non-hydrogen) atoms. The second-order valence-electron chi connectivity index (χ2n) is 4.77. The summed E-state index contributed by atoms with van der Waals surface area (Å²) in [6.07, 6.45) is 0. The van der Waals surface area contributed by atoms with Gasteiger partial charge in [0.05, 0.1) is 0 Å². The van der Waals surface area contributed by atoms with Crippen molar-refractivity contribution in [3.05, 3.63) is 91.0 Å². The molecule has 3 aromatic rings. The molecule has 0 aliphatic carbocycles. The van der Waals surface area contributed by atoms with Gasteiger partial charge in [-0.15, -0.1) is 0 Å². The number of benzene rings is 3. The van der Waals surface area contributed by atoms with Crippen LogP contribution in [-0.2, 0) is 0 Å². The van der Waals surface area contributed by atoms with Crippen molar-refractivity contribution in [1.82, 2.24) is 0 Å². The minimum atomic E-state index is -2.38. The van der Waals surface area contributed by atoms with Gasteiger partial charge in [-0.05, 0) is 0 Å². The number of nitrogens with one attached hydrogen (secondary N) is 3. The van der Waals surface area contributed by atoms with E-state index in [1.54, 1.807) is 0 Å². The Labute approximate surface area is 140 Å². The molecule has 0 spiro atoms. The summed E-state index contributed by atoms with van der Waals surface area (Å²) in [5, 5.41) is 0. The third-order valence-electron chi connectivity index (χ3n) is 3.04. The Kier molecular flexibility index (Phi) is 5.28. The topological polar surface area (TPSA) is 36.1 Å². The Bertz CT molecular complexity index is 576. The van der Waals surface area contributed by atoms with E-state index in [2.05, 4.69) is 82.6 Å². The van der Waals surface area contributed by atoms with Gasteiger partial charge in [-0.1, -0.05) is 0 Å². The molecule has 0 aromatic heterocycles. The summed E-state index contributed by atoms with van der Waals surface area (Å²) in [5.41, 5.74) is 3.44. The van der Waals surface area contributed by atoms with Crippen LogP contribution in [0.4, 0.5) is 17.1 Å². The zero-order valence-corrected chi connectivity index (χ0v) is 15.6. The van der Waals surface area contributed by atoms with Crippen LogP contribution in [0.2, 0.25) is 0 Å². The summed E-state index contributed by atoms with van der Waals surface area (Å²) < 4.78 is 11.0. The third kappa shape index (κ3) is 4.47. The Hall–Kier alpha value is -2.06. The van der Waals surface area contributed by atoms with Gasteiger partial charge in [-0.2, -0.15) is 0 Å². The molecule has 3 rings (SSSR count). The molecule has 0 amide bonds. The van der Waals surface area contributed by atoms with E-state index in [0.29, 0.717) is 0 Å². The van der Waals surface area contributed by atoms with Crippen LogP contribution in [0.25, 0.3) is 0 Å². The summed E-state index contributed by atoms with van der Waals surface area (Å²) in [6.45, 7) is 0. The molecule has 0 atom stereocenters. The first-order valence-electron chi connectivity index (χ1n) is 7.15. The molecule has 0 saturated carbocycles. The quantitative estimate of drug-likeness (QED) is 0.456. The van der Waals surface area contributed by atoms with Crippen molar-refractivity contribution in [3.8, 4) is 0 Å². The fourth-order valence-electron chi connectivity index (χ4n) is 2.01. The number of hydrogen-bond acceptors (Lipinski definition) is 3. The first kappa shape index (κ1) is 14.9. The molecule has 3 aromatic carbocycles. The molecule has 3 nitrogen and oxygen atoms in total. The SMILES string of the molecule is c1ccc([NH][Bi]([NH]c2ccccc2)[NH]c2ccccc2)cc1. The van der Waals surface area contributed by atoms with E-state index in [9.17, 15) is 0 Å². The van der Waals surface area contributed by atoms with Gasteiger partial charge in [-0.25, -0.2) is 0 Å². The van der Waals surface area contributed by atoms with E-state index < -0.39 is 22.6 Å². The summed E-state index contributed by atoms with van der Waals surface area (Å²) >= 11 is -2.38. The molecule has 4 heteroatoms. The summed E-state index contributed by atoms with van der Waals surface area (Å²) in [6, 6.07) is 31.0. The van der Waals surface area contributed by atoms with E-state index in [1.165, 1.54) is 0 Å². The van der Waals surface area contributed by atoms with Crippen LogP contribution in [0.3, 0.4) is 0 Å². The molecule has 0 radical (unpaired) electrons. The van der Waals surface area contributed by atoms with E-state index in [4.69, 9.17) is 0 Å². The maximum atomic E-state index is 3.66. The van der Waals surface area contributed by atoms with E-state index in [-0.39, 0.29) is 0 Å². The molecular weight excluding hydrogens is 467 g/mol. The second kappa shape index (κ2) is 7.81. The number of rotatable bonds is 6. The van der Waals surface area contributed by atoms with Gasteiger partial charge in [0.25, 0.3) is 0 Å². The van der Waals surface area contributed by atoms with Gasteiger partial charge >= 0.3 is 140 Å². The molecule has 3 N–H and O–H groups in total. The minimum absolute atomic E-state index is 1.15. The van der Waals surface area contributed by atoms with Crippen molar-refractivity contribution in [2.75, 3.05) is 9.78 Å². The van der Waals surface area contributed by atoms with Crippen molar-refractivity contribution in [1.29, 1.82) is 0 Å². The second-order valence-corrected chi connectivity index (χ2v) is 9.98. The molecule has 0 aliphatic heterocycles. The summed E-state index contributed by atoms with van der Waals surface area (Å²) in [4.78, 5) is 0. The predicted octanol–water partition coefficient (Wildman–Crippen LogP) is 4.31. The van der Waals surface area contributed by atoms with Gasteiger partial charge in [0.1, 0.15) is 0 Å². The molecule has 0 heterocycles. The molecule has 0 fully saturated rings. The van der Waals surface area contributed by atoms with Crippen molar-refractivity contribution in [3.63, 3.8) is 0 Å². The molecule has 0 aliphatic rings. The van der Waals surface area contributed by atoms with Gasteiger partial charge < -0.3 is 0 Å². The van der Waals surface area contributed by atoms with E-state index >= 15 is 0 Å². The number of hydrogen-bond donors (Lipinski definition) is 3. The molecule has 0 unspecified atom stereocenters. The monoisotopic (exact) mass is 485 g/mol. The van der Waals surface area contributed by atoms with Crippen LogP contribution in [0, 0.1) is 0 Å². The van der Waals surface area contributed by atoms with Crippen LogP contribution in [0.15, 0.2) is 91.0 Å². The Morgan fingerprint density at radius 1 is 0.409 bits per heavy atom. The third-order valence-corrected chi connectivity index (χ3v) is 8.66. The number of para-hydroxylation sites is 3. The van der Waals surface area contributed by atoms with Crippen LogP contribution < -0.4 is 9.78 Å². The van der Waals surface area contributed by atoms with E-state index in [1.807, 2.05) is 18.2 Å². The van der Waals surface area contributed by atoms with Gasteiger partial charge in [0.2, 0.25) is 0 Å². The maximum absolute atomic E-state index is 3.66. The Morgan fingerprint density at radius 3 is 0.955 bits per heavy atom.